The van der Waals surface area contributed by atoms with Gasteiger partial charge in [0.1, 0.15) is 0 Å². The van der Waals surface area contributed by atoms with Crippen LogP contribution >= 0.6 is 11.3 Å². The molecular formula is C13H21NO2S. The van der Waals surface area contributed by atoms with E-state index in [9.17, 15) is 4.79 Å². The Morgan fingerprint density at radius 3 is 2.65 bits per heavy atom. The first-order valence-electron chi connectivity index (χ1n) is 6.05. The van der Waals surface area contributed by atoms with E-state index in [0.29, 0.717) is 12.0 Å². The fourth-order valence-electron chi connectivity index (χ4n) is 1.58. The van der Waals surface area contributed by atoms with Crippen molar-refractivity contribution in [1.82, 2.24) is 5.32 Å². The zero-order valence-corrected chi connectivity index (χ0v) is 11.5. The second-order valence-electron chi connectivity index (χ2n) is 4.49. The van der Waals surface area contributed by atoms with Gasteiger partial charge in [0.2, 0.25) is 0 Å². The van der Waals surface area contributed by atoms with Crippen molar-refractivity contribution in [3.8, 4) is 0 Å². The number of carboxylic acid groups (broad SMARTS) is 1. The summed E-state index contributed by atoms with van der Waals surface area (Å²) in [4.78, 5) is 12.7. The van der Waals surface area contributed by atoms with Crippen LogP contribution < -0.4 is 5.32 Å². The monoisotopic (exact) mass is 255 g/mol. The van der Waals surface area contributed by atoms with E-state index >= 15 is 0 Å². The highest BCUT2D eigenvalue weighted by molar-refractivity contribution is 7.12. The molecule has 2 N–H and O–H groups in total. The van der Waals surface area contributed by atoms with Gasteiger partial charge < -0.3 is 10.4 Å². The van der Waals surface area contributed by atoms with Crippen molar-refractivity contribution in [2.45, 2.75) is 46.2 Å². The van der Waals surface area contributed by atoms with E-state index in [1.807, 2.05) is 12.1 Å². The Balaban J connectivity index is 2.41. The summed E-state index contributed by atoms with van der Waals surface area (Å²) in [6, 6.07) is 4.41. The molecule has 0 amide bonds. The topological polar surface area (TPSA) is 49.3 Å². The minimum atomic E-state index is -0.765. The first-order chi connectivity index (χ1) is 8.02. The highest BCUT2D eigenvalue weighted by atomic mass is 32.1. The number of carboxylic acids is 1. The molecule has 1 heterocycles. The smallest absolute Gasteiger partial charge is 0.308 e. The van der Waals surface area contributed by atoms with Gasteiger partial charge in [-0.2, -0.15) is 0 Å². The first-order valence-corrected chi connectivity index (χ1v) is 6.87. The van der Waals surface area contributed by atoms with Gasteiger partial charge in [-0.1, -0.05) is 20.3 Å². The van der Waals surface area contributed by atoms with Crippen molar-refractivity contribution < 1.29 is 9.90 Å². The molecule has 2 unspecified atom stereocenters. The Hall–Kier alpha value is -0.870. The average Bonchev–Trinajstić information content (AvgIpc) is 2.71. The molecule has 0 aromatic carbocycles. The molecular weight excluding hydrogens is 234 g/mol. The second-order valence-corrected chi connectivity index (χ2v) is 5.75. The number of carbonyl (C=O) groups is 1. The summed E-state index contributed by atoms with van der Waals surface area (Å²) in [5, 5.41) is 12.2. The zero-order valence-electron chi connectivity index (χ0n) is 10.7. The molecule has 1 aromatic heterocycles. The number of hydrogen-bond acceptors (Lipinski definition) is 3. The first kappa shape index (κ1) is 14.2. The minimum absolute atomic E-state index is 0.131. The van der Waals surface area contributed by atoms with E-state index in [4.69, 9.17) is 5.11 Å². The maximum atomic E-state index is 10.6. The molecule has 1 rings (SSSR count). The lowest BCUT2D eigenvalue weighted by molar-refractivity contribution is -0.136. The number of hydrogen-bond donors (Lipinski definition) is 2. The highest BCUT2D eigenvalue weighted by Crippen LogP contribution is 2.17. The van der Waals surface area contributed by atoms with Crippen molar-refractivity contribution in [1.29, 1.82) is 0 Å². The Kier molecular flexibility index (Phi) is 5.65. The van der Waals surface area contributed by atoms with Crippen LogP contribution in [0.25, 0.3) is 0 Å². The van der Waals surface area contributed by atoms with Crippen LogP contribution in [0.2, 0.25) is 0 Å². The van der Waals surface area contributed by atoms with Crippen LogP contribution in [0.15, 0.2) is 12.1 Å². The number of rotatable bonds is 7. The fraction of sp³-hybridized carbons (Fsp3) is 0.615. The summed E-state index contributed by atoms with van der Waals surface area (Å²) in [5.41, 5.74) is 0. The van der Waals surface area contributed by atoms with Crippen LogP contribution in [0.1, 0.15) is 36.9 Å². The fourth-order valence-corrected chi connectivity index (χ4v) is 2.54. The molecule has 0 bridgehead atoms. The van der Waals surface area contributed by atoms with Crippen LogP contribution in [-0.2, 0) is 17.8 Å². The summed E-state index contributed by atoms with van der Waals surface area (Å²) in [6.45, 7) is 7.45. The molecule has 0 aliphatic heterocycles. The van der Waals surface area contributed by atoms with E-state index in [0.717, 1.165) is 11.4 Å². The molecule has 0 saturated heterocycles. The summed E-state index contributed by atoms with van der Waals surface area (Å²) in [6.07, 6.45) is 1.30. The summed E-state index contributed by atoms with van der Waals surface area (Å²) in [7, 11) is 0. The molecule has 0 spiro atoms. The lowest BCUT2D eigenvalue weighted by Crippen LogP contribution is -2.30. The molecule has 0 aliphatic carbocycles. The Labute approximate surface area is 107 Å². The van der Waals surface area contributed by atoms with E-state index in [2.05, 4.69) is 26.1 Å². The molecule has 17 heavy (non-hydrogen) atoms. The predicted molar refractivity (Wildman–Crippen MR) is 71.4 cm³/mol. The van der Waals surface area contributed by atoms with Crippen LogP contribution in [-0.4, -0.2) is 17.1 Å². The molecule has 1 aromatic rings. The Bertz CT molecular complexity index is 362. The van der Waals surface area contributed by atoms with Crippen molar-refractivity contribution >= 4 is 17.3 Å². The summed E-state index contributed by atoms with van der Waals surface area (Å²) >= 11 is 1.58. The van der Waals surface area contributed by atoms with Crippen molar-refractivity contribution in [3.63, 3.8) is 0 Å². The third-order valence-electron chi connectivity index (χ3n) is 3.14. The Morgan fingerprint density at radius 1 is 1.41 bits per heavy atom. The maximum absolute atomic E-state index is 10.6. The molecule has 2 atom stereocenters. The van der Waals surface area contributed by atoms with E-state index in [-0.39, 0.29) is 6.42 Å². The predicted octanol–water partition coefficient (Wildman–Crippen LogP) is 2.90. The van der Waals surface area contributed by atoms with Crippen LogP contribution in [0, 0.1) is 5.92 Å². The minimum Gasteiger partial charge on any atom is -0.481 e. The van der Waals surface area contributed by atoms with E-state index in [1.165, 1.54) is 11.3 Å². The van der Waals surface area contributed by atoms with Crippen molar-refractivity contribution in [2.75, 3.05) is 0 Å². The number of nitrogens with one attached hydrogen (secondary N) is 1. The van der Waals surface area contributed by atoms with Gasteiger partial charge in [-0.05, 0) is 25.0 Å². The largest absolute Gasteiger partial charge is 0.481 e. The van der Waals surface area contributed by atoms with Gasteiger partial charge in [-0.15, -0.1) is 11.3 Å². The highest BCUT2D eigenvalue weighted by Gasteiger charge is 2.10. The second kappa shape index (κ2) is 6.77. The van der Waals surface area contributed by atoms with Gasteiger partial charge in [0.25, 0.3) is 0 Å². The third kappa shape index (κ3) is 4.88. The molecule has 4 heteroatoms. The van der Waals surface area contributed by atoms with Crippen molar-refractivity contribution in [2.24, 2.45) is 5.92 Å². The van der Waals surface area contributed by atoms with Crippen molar-refractivity contribution in [3.05, 3.63) is 21.9 Å². The van der Waals surface area contributed by atoms with Gasteiger partial charge in [0, 0.05) is 22.3 Å². The van der Waals surface area contributed by atoms with E-state index in [1.54, 1.807) is 11.3 Å². The number of thiophene rings is 1. The lowest BCUT2D eigenvalue weighted by atomic mass is 10.0. The van der Waals surface area contributed by atoms with Crippen LogP contribution in [0.5, 0.6) is 0 Å². The quantitative estimate of drug-likeness (QED) is 0.787. The van der Waals surface area contributed by atoms with Crippen LogP contribution in [0.3, 0.4) is 0 Å². The molecule has 0 fully saturated rings. The standard InChI is InChI=1S/C13H21NO2S/c1-4-9(2)10(3)14-8-12-6-5-11(17-12)7-13(15)16/h5-6,9-10,14H,4,7-8H2,1-3H3,(H,15,16). The third-order valence-corrected chi connectivity index (χ3v) is 4.22. The molecule has 3 nitrogen and oxygen atoms in total. The summed E-state index contributed by atoms with van der Waals surface area (Å²) in [5.74, 6) is -0.104. The van der Waals surface area contributed by atoms with Gasteiger partial charge in [-0.25, -0.2) is 0 Å². The van der Waals surface area contributed by atoms with Gasteiger partial charge >= 0.3 is 5.97 Å². The van der Waals surface area contributed by atoms with Gasteiger partial charge in [0.15, 0.2) is 0 Å². The number of aliphatic carboxylic acids is 1. The van der Waals surface area contributed by atoms with Crippen LogP contribution in [0.4, 0.5) is 0 Å². The van der Waals surface area contributed by atoms with Gasteiger partial charge in [-0.3, -0.25) is 4.79 Å². The Morgan fingerprint density at radius 2 is 2.06 bits per heavy atom. The maximum Gasteiger partial charge on any atom is 0.308 e. The molecule has 0 saturated carbocycles. The molecule has 0 aliphatic rings. The van der Waals surface area contributed by atoms with E-state index < -0.39 is 5.97 Å². The normalized spacial score (nSPS) is 14.5. The SMILES string of the molecule is CCC(C)C(C)NCc1ccc(CC(=O)O)s1. The van der Waals surface area contributed by atoms with Gasteiger partial charge in [0.05, 0.1) is 6.42 Å². The average molecular weight is 255 g/mol. The summed E-state index contributed by atoms with van der Waals surface area (Å²) < 4.78 is 0. The molecule has 96 valence electrons. The molecule has 0 radical (unpaired) electrons. The zero-order chi connectivity index (χ0) is 12.8. The lowest BCUT2D eigenvalue weighted by Gasteiger charge is -2.19.